The molecule has 2 aromatic rings. The second kappa shape index (κ2) is 10.1. The molecule has 0 unspecified atom stereocenters. The summed E-state index contributed by atoms with van der Waals surface area (Å²) < 4.78 is 5.54. The van der Waals surface area contributed by atoms with Crippen molar-refractivity contribution in [3.63, 3.8) is 0 Å². The maximum Gasteiger partial charge on any atom is 0.231 e. The number of carbonyl (C=O) groups excluding carboxylic acids is 1. The number of ether oxygens (including phenoxy) is 1. The summed E-state index contributed by atoms with van der Waals surface area (Å²) in [5.74, 6) is 1.74. The van der Waals surface area contributed by atoms with Crippen molar-refractivity contribution in [3.8, 4) is 5.75 Å². The van der Waals surface area contributed by atoms with Crippen LogP contribution in [0.4, 0.5) is 11.5 Å². The first-order chi connectivity index (χ1) is 15.2. The van der Waals surface area contributed by atoms with Gasteiger partial charge >= 0.3 is 0 Å². The Balaban J connectivity index is 1.34. The summed E-state index contributed by atoms with van der Waals surface area (Å²) in [6.07, 6.45) is 8.11. The largest absolute Gasteiger partial charge is 0.495 e. The van der Waals surface area contributed by atoms with Crippen LogP contribution in [0.25, 0.3) is 0 Å². The van der Waals surface area contributed by atoms with Crippen LogP contribution in [0.2, 0.25) is 0 Å². The van der Waals surface area contributed by atoms with E-state index >= 15 is 0 Å². The van der Waals surface area contributed by atoms with E-state index in [4.69, 9.17) is 4.74 Å². The lowest BCUT2D eigenvalue weighted by molar-refractivity contribution is -0.128. The highest BCUT2D eigenvalue weighted by molar-refractivity contribution is 5.94. The molecule has 0 bridgehead atoms. The molecule has 2 aliphatic rings. The number of hydrogen-bond donors (Lipinski definition) is 1. The van der Waals surface area contributed by atoms with Crippen LogP contribution in [0.15, 0.2) is 48.7 Å². The fourth-order valence-electron chi connectivity index (χ4n) is 4.98. The van der Waals surface area contributed by atoms with Gasteiger partial charge < -0.3 is 15.0 Å². The zero-order chi connectivity index (χ0) is 21.5. The fourth-order valence-corrected chi connectivity index (χ4v) is 4.98. The maximum absolute atomic E-state index is 13.3. The summed E-state index contributed by atoms with van der Waals surface area (Å²) in [7, 11) is 1.73. The molecule has 6 nitrogen and oxygen atoms in total. The number of nitrogens with one attached hydrogen (secondary N) is 1. The number of methoxy groups -OCH3 is 1. The van der Waals surface area contributed by atoms with E-state index in [0.29, 0.717) is 5.82 Å². The minimum Gasteiger partial charge on any atom is -0.495 e. The van der Waals surface area contributed by atoms with Gasteiger partial charge in [-0.2, -0.15) is 0 Å². The minimum absolute atomic E-state index is 0.151. The number of benzene rings is 1. The second-order valence-corrected chi connectivity index (χ2v) is 8.76. The van der Waals surface area contributed by atoms with E-state index in [-0.39, 0.29) is 11.3 Å². The molecule has 0 spiro atoms. The quantitative estimate of drug-likeness (QED) is 0.725. The van der Waals surface area contributed by atoms with Crippen molar-refractivity contribution < 1.29 is 9.53 Å². The van der Waals surface area contributed by atoms with Crippen LogP contribution in [0.3, 0.4) is 0 Å². The van der Waals surface area contributed by atoms with Crippen molar-refractivity contribution in [3.05, 3.63) is 48.7 Å². The highest BCUT2D eigenvalue weighted by Gasteiger charge is 2.39. The summed E-state index contributed by atoms with van der Waals surface area (Å²) in [6.45, 7) is 4.95. The van der Waals surface area contributed by atoms with Gasteiger partial charge in [-0.15, -0.1) is 0 Å². The standard InChI is InChI=1S/C25H34N4O2/c1-31-22-10-4-3-9-21(22)29-19-17-28(18-20-29)16-14-25(12-6-2-7-13-25)24(30)27-23-11-5-8-15-26-23/h3-5,8-11,15H,2,6-7,12-14,16-20H2,1H3,(H,26,27,30). The van der Waals surface area contributed by atoms with Crippen LogP contribution >= 0.6 is 0 Å². The highest BCUT2D eigenvalue weighted by atomic mass is 16.5. The first-order valence-corrected chi connectivity index (χ1v) is 11.5. The highest BCUT2D eigenvalue weighted by Crippen LogP contribution is 2.40. The Morgan fingerprint density at radius 1 is 1.03 bits per heavy atom. The molecule has 1 N–H and O–H groups in total. The molecule has 1 aliphatic heterocycles. The van der Waals surface area contributed by atoms with E-state index in [1.807, 2.05) is 30.3 Å². The van der Waals surface area contributed by atoms with Gasteiger partial charge in [-0.25, -0.2) is 4.98 Å². The van der Waals surface area contributed by atoms with Crippen LogP contribution in [0.1, 0.15) is 38.5 Å². The first-order valence-electron chi connectivity index (χ1n) is 11.5. The summed E-state index contributed by atoms with van der Waals surface area (Å²) in [5.41, 5.74) is 0.901. The first kappa shape index (κ1) is 21.6. The number of aromatic nitrogens is 1. The van der Waals surface area contributed by atoms with E-state index in [1.54, 1.807) is 13.3 Å². The number of nitrogens with zero attached hydrogens (tertiary/aromatic N) is 3. The van der Waals surface area contributed by atoms with Crippen molar-refractivity contribution in [2.75, 3.05) is 50.1 Å². The molecular formula is C25H34N4O2. The predicted molar refractivity (Wildman–Crippen MR) is 125 cm³/mol. The summed E-state index contributed by atoms with van der Waals surface area (Å²) in [4.78, 5) is 22.5. The summed E-state index contributed by atoms with van der Waals surface area (Å²) in [6, 6.07) is 13.9. The molecule has 166 valence electrons. The number of carbonyl (C=O) groups is 1. The van der Waals surface area contributed by atoms with Gasteiger partial charge in [0.05, 0.1) is 18.2 Å². The SMILES string of the molecule is COc1ccccc1N1CCN(CCC2(C(=O)Nc3ccccn3)CCCCC2)CC1. The molecule has 0 atom stereocenters. The monoisotopic (exact) mass is 422 g/mol. The number of rotatable bonds is 7. The van der Waals surface area contributed by atoms with Crippen molar-refractivity contribution in [1.82, 2.24) is 9.88 Å². The molecule has 1 saturated carbocycles. The number of para-hydroxylation sites is 2. The van der Waals surface area contributed by atoms with Crippen molar-refractivity contribution >= 4 is 17.4 Å². The van der Waals surface area contributed by atoms with Crippen LogP contribution in [-0.4, -0.2) is 55.6 Å². The number of pyridine rings is 1. The van der Waals surface area contributed by atoms with Gasteiger partial charge in [0.1, 0.15) is 11.6 Å². The van der Waals surface area contributed by atoms with E-state index < -0.39 is 0 Å². The topological polar surface area (TPSA) is 57.7 Å². The number of piperazine rings is 1. The number of hydrogen-bond acceptors (Lipinski definition) is 5. The third-order valence-corrected chi connectivity index (χ3v) is 6.90. The van der Waals surface area contributed by atoms with Gasteiger partial charge in [-0.05, 0) is 50.1 Å². The van der Waals surface area contributed by atoms with Gasteiger partial charge in [0.2, 0.25) is 5.91 Å². The van der Waals surface area contributed by atoms with Gasteiger partial charge in [-0.1, -0.05) is 37.5 Å². The average Bonchev–Trinajstić information content (AvgIpc) is 2.84. The lowest BCUT2D eigenvalue weighted by atomic mass is 9.71. The smallest absolute Gasteiger partial charge is 0.231 e. The molecule has 1 aromatic heterocycles. The van der Waals surface area contributed by atoms with Crippen molar-refractivity contribution in [2.45, 2.75) is 38.5 Å². The Morgan fingerprint density at radius 3 is 2.48 bits per heavy atom. The molecule has 4 rings (SSSR count). The Labute approximate surface area is 185 Å². The molecule has 1 aromatic carbocycles. The molecule has 0 radical (unpaired) electrons. The lowest BCUT2D eigenvalue weighted by Gasteiger charge is -2.40. The number of anilines is 2. The minimum atomic E-state index is -0.268. The van der Waals surface area contributed by atoms with Crippen LogP contribution in [0, 0.1) is 5.41 Å². The number of amides is 1. The molecule has 1 amide bonds. The molecule has 1 saturated heterocycles. The predicted octanol–water partition coefficient (Wildman–Crippen LogP) is 4.19. The van der Waals surface area contributed by atoms with Crippen LogP contribution in [0.5, 0.6) is 5.75 Å². The third kappa shape index (κ3) is 5.18. The Hall–Kier alpha value is -2.60. The van der Waals surface area contributed by atoms with E-state index in [9.17, 15) is 4.79 Å². The van der Waals surface area contributed by atoms with Gasteiger partial charge in [0, 0.05) is 32.4 Å². The molecule has 2 fully saturated rings. The normalized spacial score (nSPS) is 19.1. The summed E-state index contributed by atoms with van der Waals surface area (Å²) in [5, 5.41) is 3.09. The lowest BCUT2D eigenvalue weighted by Crippen LogP contribution is -2.48. The Bertz CT molecular complexity index is 844. The van der Waals surface area contributed by atoms with Crippen LogP contribution in [-0.2, 0) is 4.79 Å². The zero-order valence-electron chi connectivity index (χ0n) is 18.6. The molecular weight excluding hydrogens is 388 g/mol. The third-order valence-electron chi connectivity index (χ3n) is 6.90. The van der Waals surface area contributed by atoms with E-state index in [0.717, 1.165) is 70.6 Å². The average molecular weight is 423 g/mol. The molecule has 6 heteroatoms. The fraction of sp³-hybridized carbons (Fsp3) is 0.520. The Kier molecular flexibility index (Phi) is 7.07. The van der Waals surface area contributed by atoms with Crippen molar-refractivity contribution in [2.24, 2.45) is 5.41 Å². The van der Waals surface area contributed by atoms with Crippen molar-refractivity contribution in [1.29, 1.82) is 0 Å². The van der Waals surface area contributed by atoms with Gasteiger partial charge in [0.15, 0.2) is 0 Å². The molecule has 2 heterocycles. The van der Waals surface area contributed by atoms with Gasteiger partial charge in [0.25, 0.3) is 0 Å². The zero-order valence-corrected chi connectivity index (χ0v) is 18.6. The van der Waals surface area contributed by atoms with E-state index in [1.165, 1.54) is 12.1 Å². The maximum atomic E-state index is 13.3. The second-order valence-electron chi connectivity index (χ2n) is 8.76. The Morgan fingerprint density at radius 2 is 1.77 bits per heavy atom. The molecule has 1 aliphatic carbocycles. The van der Waals surface area contributed by atoms with E-state index in [2.05, 4.69) is 32.2 Å². The van der Waals surface area contributed by atoms with Crippen LogP contribution < -0.4 is 15.0 Å². The van der Waals surface area contributed by atoms with Gasteiger partial charge in [-0.3, -0.25) is 9.69 Å². The molecule has 31 heavy (non-hydrogen) atoms. The summed E-state index contributed by atoms with van der Waals surface area (Å²) >= 11 is 0.